The molecule has 220 valence electrons. The lowest BCUT2D eigenvalue weighted by molar-refractivity contribution is -0.142. The molecule has 4 N–H and O–H groups in total. The number of aliphatic carboxylic acids is 1. The number of Topliss-reactive ketones (excluding diaryl/α,β-unsaturated/α-hetero) is 2. The van der Waals surface area contributed by atoms with Crippen molar-refractivity contribution in [3.05, 3.63) is 35.9 Å². The number of ketones is 2. The second kappa shape index (κ2) is 14.9. The maximum Gasteiger partial charge on any atom is 0.408 e. The van der Waals surface area contributed by atoms with E-state index in [1.54, 1.807) is 0 Å². The lowest BCUT2D eigenvalue weighted by Gasteiger charge is -2.30. The van der Waals surface area contributed by atoms with E-state index in [4.69, 9.17) is 4.74 Å². The summed E-state index contributed by atoms with van der Waals surface area (Å²) in [6.07, 6.45) is 5.13. The zero-order valence-corrected chi connectivity index (χ0v) is 23.4. The molecule has 0 radical (unpaired) electrons. The molecular formula is C29H42N4O7. The van der Waals surface area contributed by atoms with Crippen molar-refractivity contribution in [2.45, 2.75) is 82.0 Å². The minimum atomic E-state index is -1.15. The fourth-order valence-corrected chi connectivity index (χ4v) is 5.68. The molecule has 2 aliphatic rings. The van der Waals surface area contributed by atoms with Crippen LogP contribution in [0.25, 0.3) is 0 Å². The minimum Gasteiger partial charge on any atom is -0.481 e. The van der Waals surface area contributed by atoms with E-state index in [9.17, 15) is 29.1 Å². The number of nitrogens with one attached hydrogen (secondary N) is 3. The molecule has 0 saturated heterocycles. The number of carboxylic acid groups (broad SMARTS) is 1. The Labute approximate surface area is 235 Å². The fourth-order valence-electron chi connectivity index (χ4n) is 5.68. The van der Waals surface area contributed by atoms with E-state index in [1.807, 2.05) is 30.3 Å². The summed E-state index contributed by atoms with van der Waals surface area (Å²) in [4.78, 5) is 64.4. The van der Waals surface area contributed by atoms with Crippen molar-refractivity contribution in [1.29, 1.82) is 0 Å². The summed E-state index contributed by atoms with van der Waals surface area (Å²) in [5, 5.41) is 18.0. The Kier molecular flexibility index (Phi) is 11.6. The van der Waals surface area contributed by atoms with Crippen LogP contribution in [0.15, 0.2) is 30.3 Å². The summed E-state index contributed by atoms with van der Waals surface area (Å²) in [6.45, 7) is -0.199. The summed E-state index contributed by atoms with van der Waals surface area (Å²) in [7, 11) is 3.05. The van der Waals surface area contributed by atoms with Gasteiger partial charge < -0.3 is 25.4 Å². The number of hydrogen-bond acceptors (Lipinski definition) is 8. The number of carbonyl (C=O) groups is 5. The smallest absolute Gasteiger partial charge is 0.408 e. The van der Waals surface area contributed by atoms with Gasteiger partial charge in [-0.25, -0.2) is 4.79 Å². The van der Waals surface area contributed by atoms with E-state index in [-0.39, 0.29) is 37.2 Å². The van der Waals surface area contributed by atoms with Crippen LogP contribution in [0, 0.1) is 5.92 Å². The van der Waals surface area contributed by atoms with Crippen molar-refractivity contribution in [2.75, 3.05) is 27.2 Å². The SMILES string of the molecule is CN(C)C(=O)[C@H](CC(=O)O)NCC(=O)[C@@H](NCC(=O)C1(NC(=O)OCc2ccccc2)CCCC1)C1CCCC1. The largest absolute Gasteiger partial charge is 0.481 e. The molecule has 11 nitrogen and oxygen atoms in total. The first-order valence-electron chi connectivity index (χ1n) is 14.1. The number of amides is 2. The minimum absolute atomic E-state index is 0.0351. The molecule has 11 heteroatoms. The number of rotatable bonds is 15. The van der Waals surface area contributed by atoms with Crippen LogP contribution in [0.4, 0.5) is 4.79 Å². The van der Waals surface area contributed by atoms with Crippen LogP contribution in [0.2, 0.25) is 0 Å². The number of likely N-dealkylation sites (N-methyl/N-ethyl adjacent to an activating group) is 1. The van der Waals surface area contributed by atoms with Crippen molar-refractivity contribution in [3.63, 3.8) is 0 Å². The molecule has 40 heavy (non-hydrogen) atoms. The van der Waals surface area contributed by atoms with Gasteiger partial charge in [-0.1, -0.05) is 56.0 Å². The molecule has 1 aromatic rings. The van der Waals surface area contributed by atoms with Gasteiger partial charge in [0.1, 0.15) is 12.1 Å². The monoisotopic (exact) mass is 558 g/mol. The van der Waals surface area contributed by atoms with E-state index < -0.39 is 42.0 Å². The summed E-state index contributed by atoms with van der Waals surface area (Å²) in [6, 6.07) is 7.63. The van der Waals surface area contributed by atoms with Gasteiger partial charge in [-0.05, 0) is 37.2 Å². The van der Waals surface area contributed by atoms with Gasteiger partial charge in [-0.3, -0.25) is 24.5 Å². The number of ether oxygens (including phenoxy) is 1. The van der Waals surface area contributed by atoms with Crippen LogP contribution in [0.1, 0.15) is 63.4 Å². The van der Waals surface area contributed by atoms with Crippen LogP contribution in [0.5, 0.6) is 0 Å². The molecule has 1 aromatic carbocycles. The average molecular weight is 559 g/mol. The maximum absolute atomic E-state index is 13.5. The molecule has 0 heterocycles. The Morgan fingerprint density at radius 1 is 0.975 bits per heavy atom. The average Bonchev–Trinajstić information content (AvgIpc) is 3.63. The highest BCUT2D eigenvalue weighted by atomic mass is 16.5. The molecule has 0 aliphatic heterocycles. The topological polar surface area (TPSA) is 154 Å². The maximum atomic E-state index is 13.5. The Morgan fingerprint density at radius 3 is 2.23 bits per heavy atom. The predicted octanol–water partition coefficient (Wildman–Crippen LogP) is 2.03. The Morgan fingerprint density at radius 2 is 1.62 bits per heavy atom. The molecular weight excluding hydrogens is 516 g/mol. The van der Waals surface area contributed by atoms with E-state index in [0.717, 1.165) is 44.1 Å². The molecule has 0 unspecified atom stereocenters. The van der Waals surface area contributed by atoms with Crippen molar-refractivity contribution >= 4 is 29.5 Å². The van der Waals surface area contributed by atoms with Crippen LogP contribution < -0.4 is 16.0 Å². The predicted molar refractivity (Wildman–Crippen MR) is 147 cm³/mol. The summed E-state index contributed by atoms with van der Waals surface area (Å²) in [5.74, 6) is -1.96. The summed E-state index contributed by atoms with van der Waals surface area (Å²) < 4.78 is 5.37. The molecule has 0 aromatic heterocycles. The normalized spacial score (nSPS) is 18.1. The summed E-state index contributed by atoms with van der Waals surface area (Å²) >= 11 is 0. The lowest BCUT2D eigenvalue weighted by Crippen LogP contribution is -2.57. The van der Waals surface area contributed by atoms with Gasteiger partial charge >= 0.3 is 12.1 Å². The standard InChI is InChI=1S/C29H42N4O7/c1-33(2)27(38)22(16-25(36)37)30-17-23(34)26(21-12-6-7-13-21)31-18-24(35)29(14-8-9-15-29)32-28(39)40-19-20-10-4-3-5-11-20/h3-5,10-11,21-22,26,30-31H,6-9,12-19H2,1-2H3,(H,32,39)(H,36,37)/t22-,26-/m0/s1. The Hall–Kier alpha value is -3.31. The molecule has 2 amide bonds. The quantitative estimate of drug-likeness (QED) is 0.253. The molecule has 0 bridgehead atoms. The second-order valence-electron chi connectivity index (χ2n) is 11.0. The van der Waals surface area contributed by atoms with Gasteiger partial charge in [0.2, 0.25) is 5.91 Å². The molecule has 0 spiro atoms. The number of carboxylic acids is 1. The third-order valence-corrected chi connectivity index (χ3v) is 7.89. The van der Waals surface area contributed by atoms with Crippen LogP contribution in [0.3, 0.4) is 0 Å². The molecule has 3 rings (SSSR count). The number of nitrogens with zero attached hydrogens (tertiary/aromatic N) is 1. The number of carbonyl (C=O) groups excluding carboxylic acids is 4. The van der Waals surface area contributed by atoms with E-state index >= 15 is 0 Å². The molecule has 2 saturated carbocycles. The lowest BCUT2D eigenvalue weighted by atomic mass is 9.90. The number of hydrogen-bond donors (Lipinski definition) is 4. The van der Waals surface area contributed by atoms with Crippen molar-refractivity contribution in [2.24, 2.45) is 5.92 Å². The highest BCUT2D eigenvalue weighted by Gasteiger charge is 2.43. The van der Waals surface area contributed by atoms with Gasteiger partial charge in [0.25, 0.3) is 0 Å². The van der Waals surface area contributed by atoms with Crippen LogP contribution in [-0.2, 0) is 30.5 Å². The first-order valence-corrected chi connectivity index (χ1v) is 14.1. The number of benzene rings is 1. The van der Waals surface area contributed by atoms with Crippen molar-refractivity contribution < 1.29 is 33.8 Å². The molecule has 2 fully saturated rings. The van der Waals surface area contributed by atoms with Crippen molar-refractivity contribution in [1.82, 2.24) is 20.9 Å². The van der Waals surface area contributed by atoms with Crippen LogP contribution in [-0.4, -0.2) is 84.4 Å². The van der Waals surface area contributed by atoms with Gasteiger partial charge in [0.05, 0.1) is 31.6 Å². The van der Waals surface area contributed by atoms with Crippen LogP contribution >= 0.6 is 0 Å². The highest BCUT2D eigenvalue weighted by Crippen LogP contribution is 2.32. The van der Waals surface area contributed by atoms with E-state index in [1.165, 1.54) is 19.0 Å². The summed E-state index contributed by atoms with van der Waals surface area (Å²) in [5.41, 5.74) is -0.206. The van der Waals surface area contributed by atoms with E-state index in [0.29, 0.717) is 12.8 Å². The van der Waals surface area contributed by atoms with Crippen molar-refractivity contribution in [3.8, 4) is 0 Å². The number of alkyl carbamates (subject to hydrolysis) is 1. The molecule has 2 aliphatic carbocycles. The third kappa shape index (κ3) is 8.85. The van der Waals surface area contributed by atoms with Gasteiger partial charge in [-0.2, -0.15) is 0 Å². The highest BCUT2D eigenvalue weighted by molar-refractivity contribution is 5.94. The van der Waals surface area contributed by atoms with Gasteiger partial charge in [0.15, 0.2) is 11.6 Å². The van der Waals surface area contributed by atoms with Gasteiger partial charge in [0, 0.05) is 14.1 Å². The Balaban J connectivity index is 1.61. The second-order valence-corrected chi connectivity index (χ2v) is 11.0. The third-order valence-electron chi connectivity index (χ3n) is 7.89. The van der Waals surface area contributed by atoms with Gasteiger partial charge in [-0.15, -0.1) is 0 Å². The Bertz CT molecular complexity index is 1030. The fraction of sp³-hybridized carbons (Fsp3) is 0.621. The first kappa shape index (κ1) is 31.2. The first-order chi connectivity index (χ1) is 19.1. The molecule has 2 atom stereocenters. The van der Waals surface area contributed by atoms with E-state index in [2.05, 4.69) is 16.0 Å². The zero-order valence-electron chi connectivity index (χ0n) is 23.4. The zero-order chi connectivity index (χ0) is 29.1.